The normalized spacial score (nSPS) is 13.6. The Bertz CT molecular complexity index is 508. The van der Waals surface area contributed by atoms with E-state index in [1.165, 1.54) is 17.4 Å². The van der Waals surface area contributed by atoms with Crippen LogP contribution in [0.15, 0.2) is 35.2 Å². The number of thiazole rings is 1. The molecular weight excluding hydrogens is 261 g/mol. The second-order valence-corrected chi connectivity index (χ2v) is 4.48. The summed E-state index contributed by atoms with van der Waals surface area (Å²) in [6.45, 7) is 0. The van der Waals surface area contributed by atoms with Gasteiger partial charge in [-0.2, -0.15) is 13.2 Å². The highest BCUT2D eigenvalue weighted by Crippen LogP contribution is 2.31. The van der Waals surface area contributed by atoms with Crippen molar-refractivity contribution >= 4 is 11.3 Å². The van der Waals surface area contributed by atoms with Gasteiger partial charge in [0.15, 0.2) is 0 Å². The van der Waals surface area contributed by atoms with E-state index >= 15 is 0 Å². The fraction of sp³-hybridized carbons (Fsp3) is 0.250. The summed E-state index contributed by atoms with van der Waals surface area (Å²) in [4.78, 5) is 4.13. The Balaban J connectivity index is 2.38. The van der Waals surface area contributed by atoms with Crippen LogP contribution in [-0.2, 0) is 6.18 Å². The number of halogens is 3. The SMILES string of the molecule is CNC(c1cccc(C(F)(F)F)c1)c1cscn1. The first-order chi connectivity index (χ1) is 8.52. The van der Waals surface area contributed by atoms with Gasteiger partial charge in [0.25, 0.3) is 0 Å². The summed E-state index contributed by atoms with van der Waals surface area (Å²) in [5.74, 6) is 0. The maximum atomic E-state index is 12.6. The maximum Gasteiger partial charge on any atom is 0.416 e. The molecule has 1 unspecified atom stereocenters. The number of alkyl halides is 3. The molecule has 96 valence electrons. The predicted octanol–water partition coefficient (Wildman–Crippen LogP) is 3.47. The molecule has 0 fully saturated rings. The van der Waals surface area contributed by atoms with Crippen molar-refractivity contribution in [2.75, 3.05) is 7.05 Å². The predicted molar refractivity (Wildman–Crippen MR) is 64.5 cm³/mol. The van der Waals surface area contributed by atoms with E-state index in [0.717, 1.165) is 17.8 Å². The van der Waals surface area contributed by atoms with Gasteiger partial charge in [-0.25, -0.2) is 4.98 Å². The fourth-order valence-corrected chi connectivity index (χ4v) is 2.32. The largest absolute Gasteiger partial charge is 0.416 e. The second kappa shape index (κ2) is 5.07. The Labute approximate surface area is 106 Å². The molecule has 0 aliphatic heterocycles. The van der Waals surface area contributed by atoms with Crippen LogP contribution in [0.3, 0.4) is 0 Å². The van der Waals surface area contributed by atoms with Gasteiger partial charge in [-0.1, -0.05) is 12.1 Å². The summed E-state index contributed by atoms with van der Waals surface area (Å²) >= 11 is 1.41. The van der Waals surface area contributed by atoms with E-state index in [4.69, 9.17) is 0 Å². The number of benzene rings is 1. The molecule has 18 heavy (non-hydrogen) atoms. The van der Waals surface area contributed by atoms with Gasteiger partial charge in [0.1, 0.15) is 0 Å². The Kier molecular flexibility index (Phi) is 3.68. The zero-order valence-electron chi connectivity index (χ0n) is 9.53. The Morgan fingerprint density at radius 3 is 2.67 bits per heavy atom. The standard InChI is InChI=1S/C12H11F3N2S/c1-16-11(10-6-18-7-17-10)8-3-2-4-9(5-8)12(13,14)15/h2-7,11,16H,1H3. The maximum absolute atomic E-state index is 12.6. The Morgan fingerprint density at radius 2 is 2.11 bits per heavy atom. The molecule has 0 saturated carbocycles. The van der Waals surface area contributed by atoms with E-state index in [1.807, 2.05) is 5.38 Å². The van der Waals surface area contributed by atoms with Crippen LogP contribution in [0.25, 0.3) is 0 Å². The summed E-state index contributed by atoms with van der Waals surface area (Å²) in [7, 11) is 1.70. The Hall–Kier alpha value is -1.40. The lowest BCUT2D eigenvalue weighted by molar-refractivity contribution is -0.137. The lowest BCUT2D eigenvalue weighted by Gasteiger charge is -2.16. The van der Waals surface area contributed by atoms with Crippen molar-refractivity contribution in [3.05, 3.63) is 52.0 Å². The lowest BCUT2D eigenvalue weighted by Crippen LogP contribution is -2.18. The number of nitrogens with zero attached hydrogens (tertiary/aromatic N) is 1. The summed E-state index contributed by atoms with van der Waals surface area (Å²) in [5, 5.41) is 4.80. The first-order valence-electron chi connectivity index (χ1n) is 5.25. The molecule has 0 saturated heterocycles. The Morgan fingerprint density at radius 1 is 1.33 bits per heavy atom. The van der Waals surface area contributed by atoms with Gasteiger partial charge in [0.2, 0.25) is 0 Å². The topological polar surface area (TPSA) is 24.9 Å². The summed E-state index contributed by atoms with van der Waals surface area (Å²) in [6, 6.07) is 4.97. The average molecular weight is 272 g/mol. The molecule has 6 heteroatoms. The van der Waals surface area contributed by atoms with Crippen molar-refractivity contribution in [2.45, 2.75) is 12.2 Å². The van der Waals surface area contributed by atoms with Crippen LogP contribution < -0.4 is 5.32 Å². The van der Waals surface area contributed by atoms with Crippen molar-refractivity contribution in [1.29, 1.82) is 0 Å². The van der Waals surface area contributed by atoms with Gasteiger partial charge in [0.05, 0.1) is 22.8 Å². The molecule has 2 rings (SSSR count). The highest BCUT2D eigenvalue weighted by molar-refractivity contribution is 7.07. The molecule has 0 aliphatic carbocycles. The lowest BCUT2D eigenvalue weighted by atomic mass is 10.0. The van der Waals surface area contributed by atoms with Gasteiger partial charge >= 0.3 is 6.18 Å². The van der Waals surface area contributed by atoms with Crippen molar-refractivity contribution < 1.29 is 13.2 Å². The van der Waals surface area contributed by atoms with Crippen molar-refractivity contribution in [3.63, 3.8) is 0 Å². The van der Waals surface area contributed by atoms with Gasteiger partial charge in [-0.05, 0) is 24.7 Å². The fourth-order valence-electron chi connectivity index (χ4n) is 1.74. The number of aromatic nitrogens is 1. The molecule has 1 atom stereocenters. The van der Waals surface area contributed by atoms with Crippen LogP contribution in [-0.4, -0.2) is 12.0 Å². The van der Waals surface area contributed by atoms with Crippen LogP contribution in [0.2, 0.25) is 0 Å². The van der Waals surface area contributed by atoms with Crippen molar-refractivity contribution in [2.24, 2.45) is 0 Å². The number of rotatable bonds is 3. The van der Waals surface area contributed by atoms with E-state index in [1.54, 1.807) is 18.6 Å². The van der Waals surface area contributed by atoms with Gasteiger partial charge in [0, 0.05) is 5.38 Å². The third kappa shape index (κ3) is 2.70. The zero-order valence-corrected chi connectivity index (χ0v) is 10.3. The molecule has 0 radical (unpaired) electrons. The quantitative estimate of drug-likeness (QED) is 0.925. The van der Waals surface area contributed by atoms with Crippen molar-refractivity contribution in [3.8, 4) is 0 Å². The van der Waals surface area contributed by atoms with E-state index in [2.05, 4.69) is 10.3 Å². The van der Waals surface area contributed by atoms with E-state index < -0.39 is 11.7 Å². The van der Waals surface area contributed by atoms with Gasteiger partial charge in [-0.3, -0.25) is 0 Å². The summed E-state index contributed by atoms with van der Waals surface area (Å²) in [5.41, 5.74) is 2.29. The minimum atomic E-state index is -4.32. The number of hydrogen-bond acceptors (Lipinski definition) is 3. The first-order valence-corrected chi connectivity index (χ1v) is 6.19. The second-order valence-electron chi connectivity index (χ2n) is 3.76. The number of nitrogens with one attached hydrogen (secondary N) is 1. The molecule has 0 aliphatic rings. The molecule has 0 bridgehead atoms. The smallest absolute Gasteiger partial charge is 0.308 e. The molecule has 1 aromatic carbocycles. The molecule has 1 heterocycles. The van der Waals surface area contributed by atoms with Crippen LogP contribution >= 0.6 is 11.3 Å². The number of hydrogen-bond donors (Lipinski definition) is 1. The van der Waals surface area contributed by atoms with Gasteiger partial charge < -0.3 is 5.32 Å². The van der Waals surface area contributed by atoms with Crippen LogP contribution in [0, 0.1) is 0 Å². The molecule has 1 N–H and O–H groups in total. The molecular formula is C12H11F3N2S. The first kappa shape index (κ1) is 13.0. The summed E-state index contributed by atoms with van der Waals surface area (Å²) in [6.07, 6.45) is -4.32. The third-order valence-electron chi connectivity index (χ3n) is 2.58. The molecule has 2 aromatic rings. The highest BCUT2D eigenvalue weighted by Gasteiger charge is 2.31. The van der Waals surface area contributed by atoms with Gasteiger partial charge in [-0.15, -0.1) is 11.3 Å². The van der Waals surface area contributed by atoms with Crippen LogP contribution in [0.5, 0.6) is 0 Å². The minimum Gasteiger partial charge on any atom is -0.308 e. The summed E-state index contributed by atoms with van der Waals surface area (Å²) < 4.78 is 37.9. The van der Waals surface area contributed by atoms with Crippen LogP contribution in [0.4, 0.5) is 13.2 Å². The molecule has 0 spiro atoms. The van der Waals surface area contributed by atoms with Crippen LogP contribution in [0.1, 0.15) is 22.9 Å². The van der Waals surface area contributed by atoms with E-state index in [-0.39, 0.29) is 6.04 Å². The van der Waals surface area contributed by atoms with E-state index in [9.17, 15) is 13.2 Å². The monoisotopic (exact) mass is 272 g/mol. The molecule has 1 aromatic heterocycles. The highest BCUT2D eigenvalue weighted by atomic mass is 32.1. The minimum absolute atomic E-state index is 0.321. The zero-order chi connectivity index (χ0) is 13.2. The molecule has 0 amide bonds. The van der Waals surface area contributed by atoms with Crippen molar-refractivity contribution in [1.82, 2.24) is 10.3 Å². The van der Waals surface area contributed by atoms with E-state index in [0.29, 0.717) is 5.56 Å². The molecule has 2 nitrogen and oxygen atoms in total. The average Bonchev–Trinajstić information content (AvgIpc) is 2.83. The third-order valence-corrected chi connectivity index (χ3v) is 3.19.